The molecule has 3 aromatic rings. The number of nitrogens with zero attached hydrogens (tertiary/aromatic N) is 4. The molecule has 4 rings (SSSR count). The van der Waals surface area contributed by atoms with Crippen LogP contribution in [0.2, 0.25) is 10.0 Å². The molecule has 1 saturated heterocycles. The second-order valence-electron chi connectivity index (χ2n) is 7.70. The van der Waals surface area contributed by atoms with E-state index in [2.05, 4.69) is 20.6 Å². The van der Waals surface area contributed by atoms with Crippen LogP contribution in [0, 0.1) is 12.7 Å². The molecule has 0 radical (unpaired) electrons. The highest BCUT2D eigenvalue weighted by molar-refractivity contribution is 6.36. The first-order valence-electron chi connectivity index (χ1n) is 10.4. The van der Waals surface area contributed by atoms with Gasteiger partial charge in [0.15, 0.2) is 5.69 Å². The lowest BCUT2D eigenvalue weighted by molar-refractivity contribution is 0.0662. The smallest absolute Gasteiger partial charge is 0.276 e. The normalized spacial score (nSPS) is 15.3. The van der Waals surface area contributed by atoms with Gasteiger partial charge in [0.2, 0.25) is 0 Å². The molecular formula is C22H22Cl2FN5O3. The summed E-state index contributed by atoms with van der Waals surface area (Å²) in [5, 5.41) is 15.3. The molecular weight excluding hydrogens is 472 g/mol. The fourth-order valence-electron chi connectivity index (χ4n) is 3.58. The third-order valence-corrected chi connectivity index (χ3v) is 6.09. The van der Waals surface area contributed by atoms with Crippen molar-refractivity contribution in [3.05, 3.63) is 63.4 Å². The molecule has 1 atom stereocenters. The zero-order valence-corrected chi connectivity index (χ0v) is 19.5. The number of benzene rings is 1. The molecule has 0 saturated carbocycles. The first-order chi connectivity index (χ1) is 15.8. The highest BCUT2D eigenvalue weighted by atomic mass is 35.5. The summed E-state index contributed by atoms with van der Waals surface area (Å²) in [6, 6.07) is 4.31. The SMILES string of the molecule is Cc1nnc(C(=O)Nc2cnn(C3CCOCC3)c2)cc1OC(C)c1c(Cl)ccc(F)c1Cl. The van der Waals surface area contributed by atoms with Crippen LogP contribution >= 0.6 is 23.2 Å². The molecule has 11 heteroatoms. The molecule has 1 N–H and O–H groups in total. The Kier molecular flexibility index (Phi) is 7.11. The molecule has 1 amide bonds. The van der Waals surface area contributed by atoms with Crippen LogP contribution in [-0.4, -0.2) is 39.1 Å². The van der Waals surface area contributed by atoms with Crippen molar-refractivity contribution in [3.63, 3.8) is 0 Å². The van der Waals surface area contributed by atoms with E-state index in [1.165, 1.54) is 18.2 Å². The van der Waals surface area contributed by atoms with Crippen molar-refractivity contribution >= 4 is 34.8 Å². The minimum atomic E-state index is -0.697. The average molecular weight is 494 g/mol. The van der Waals surface area contributed by atoms with E-state index in [1.807, 2.05) is 4.68 Å². The number of amides is 1. The van der Waals surface area contributed by atoms with Crippen molar-refractivity contribution in [2.45, 2.75) is 38.8 Å². The molecule has 1 fully saturated rings. The Morgan fingerprint density at radius 2 is 2.06 bits per heavy atom. The maximum Gasteiger partial charge on any atom is 0.276 e. The summed E-state index contributed by atoms with van der Waals surface area (Å²) in [6.07, 6.45) is 4.41. The second kappa shape index (κ2) is 10.0. The Morgan fingerprint density at radius 1 is 1.30 bits per heavy atom. The van der Waals surface area contributed by atoms with Gasteiger partial charge in [-0.15, -0.1) is 5.10 Å². The fraction of sp³-hybridized carbons (Fsp3) is 0.364. The molecule has 2 aromatic heterocycles. The van der Waals surface area contributed by atoms with Crippen LogP contribution in [0.1, 0.15) is 53.7 Å². The molecule has 8 nitrogen and oxygen atoms in total. The van der Waals surface area contributed by atoms with Crippen LogP contribution in [-0.2, 0) is 4.74 Å². The lowest BCUT2D eigenvalue weighted by atomic mass is 10.1. The van der Waals surface area contributed by atoms with Crippen LogP contribution in [0.25, 0.3) is 0 Å². The molecule has 0 bridgehead atoms. The molecule has 1 aliphatic rings. The number of ether oxygens (including phenoxy) is 2. The summed E-state index contributed by atoms with van der Waals surface area (Å²) in [6.45, 7) is 4.75. The maximum absolute atomic E-state index is 13.9. The predicted octanol–water partition coefficient (Wildman–Crippen LogP) is 5.17. The van der Waals surface area contributed by atoms with E-state index in [0.29, 0.717) is 35.9 Å². The van der Waals surface area contributed by atoms with Crippen LogP contribution in [0.4, 0.5) is 10.1 Å². The van der Waals surface area contributed by atoms with Gasteiger partial charge in [0.25, 0.3) is 5.91 Å². The molecule has 0 aliphatic carbocycles. The van der Waals surface area contributed by atoms with Gasteiger partial charge < -0.3 is 14.8 Å². The summed E-state index contributed by atoms with van der Waals surface area (Å²) in [5.41, 5.74) is 1.36. The Bertz CT molecular complexity index is 1170. The summed E-state index contributed by atoms with van der Waals surface area (Å²) in [5.74, 6) is -0.761. The zero-order chi connectivity index (χ0) is 23.5. The number of rotatable bonds is 6. The van der Waals surface area contributed by atoms with E-state index in [9.17, 15) is 9.18 Å². The summed E-state index contributed by atoms with van der Waals surface area (Å²) >= 11 is 12.3. The highest BCUT2D eigenvalue weighted by Crippen LogP contribution is 2.35. The van der Waals surface area contributed by atoms with E-state index >= 15 is 0 Å². The molecule has 1 unspecified atom stereocenters. The minimum absolute atomic E-state index is 0.0538. The van der Waals surface area contributed by atoms with Gasteiger partial charge in [0, 0.05) is 36.1 Å². The third kappa shape index (κ3) is 5.26. The Labute approximate surface area is 200 Å². The topological polar surface area (TPSA) is 91.2 Å². The fourth-order valence-corrected chi connectivity index (χ4v) is 4.26. The number of halogens is 3. The number of anilines is 1. The van der Waals surface area contributed by atoms with Gasteiger partial charge in [0.05, 0.1) is 22.9 Å². The number of aryl methyl sites for hydroxylation is 1. The van der Waals surface area contributed by atoms with Gasteiger partial charge >= 0.3 is 0 Å². The molecule has 1 aliphatic heterocycles. The lowest BCUT2D eigenvalue weighted by Gasteiger charge is -2.22. The molecule has 1 aromatic carbocycles. The largest absolute Gasteiger partial charge is 0.484 e. The Balaban J connectivity index is 1.48. The van der Waals surface area contributed by atoms with Crippen molar-refractivity contribution in [1.82, 2.24) is 20.0 Å². The monoisotopic (exact) mass is 493 g/mol. The highest BCUT2D eigenvalue weighted by Gasteiger charge is 2.21. The van der Waals surface area contributed by atoms with Crippen molar-refractivity contribution in [1.29, 1.82) is 0 Å². The number of carbonyl (C=O) groups is 1. The predicted molar refractivity (Wildman–Crippen MR) is 122 cm³/mol. The van der Waals surface area contributed by atoms with Gasteiger partial charge in [-0.1, -0.05) is 23.2 Å². The first kappa shape index (κ1) is 23.4. The van der Waals surface area contributed by atoms with Gasteiger partial charge in [-0.05, 0) is 38.8 Å². The van der Waals surface area contributed by atoms with E-state index in [0.717, 1.165) is 12.8 Å². The number of nitrogens with one attached hydrogen (secondary N) is 1. The van der Waals surface area contributed by atoms with E-state index in [1.54, 1.807) is 26.2 Å². The van der Waals surface area contributed by atoms with Crippen molar-refractivity contribution in [2.24, 2.45) is 0 Å². The standard InChI is InChI=1S/C22H22Cl2FN5O3/c1-12-19(33-13(2)20-16(23)3-4-17(25)21(20)24)9-18(29-28-12)22(31)27-14-10-26-30(11-14)15-5-7-32-8-6-15/h3-4,9-11,13,15H,5-8H2,1-2H3,(H,27,31). The van der Waals surface area contributed by atoms with E-state index < -0.39 is 17.8 Å². The number of carbonyl (C=O) groups excluding carboxylic acids is 1. The minimum Gasteiger partial charge on any atom is -0.484 e. The van der Waals surface area contributed by atoms with Crippen molar-refractivity contribution < 1.29 is 18.7 Å². The maximum atomic E-state index is 13.9. The number of hydrogen-bond acceptors (Lipinski definition) is 6. The summed E-state index contributed by atoms with van der Waals surface area (Å²) in [4.78, 5) is 12.8. The second-order valence-corrected chi connectivity index (χ2v) is 8.49. The molecule has 3 heterocycles. The summed E-state index contributed by atoms with van der Waals surface area (Å²) in [7, 11) is 0. The number of aromatic nitrogens is 4. The van der Waals surface area contributed by atoms with Gasteiger partial charge in [-0.25, -0.2) is 4.39 Å². The van der Waals surface area contributed by atoms with Crippen molar-refractivity contribution in [2.75, 3.05) is 18.5 Å². The van der Waals surface area contributed by atoms with Crippen LogP contribution in [0.3, 0.4) is 0 Å². The summed E-state index contributed by atoms with van der Waals surface area (Å²) < 4.78 is 27.0. The van der Waals surface area contributed by atoms with E-state index in [-0.39, 0.29) is 21.8 Å². The van der Waals surface area contributed by atoms with E-state index in [4.69, 9.17) is 32.7 Å². The molecule has 33 heavy (non-hydrogen) atoms. The Morgan fingerprint density at radius 3 is 2.82 bits per heavy atom. The van der Waals surface area contributed by atoms with Gasteiger partial charge in [0.1, 0.15) is 23.4 Å². The first-order valence-corrected chi connectivity index (χ1v) is 11.2. The van der Waals surface area contributed by atoms with Crippen molar-refractivity contribution in [3.8, 4) is 5.75 Å². The average Bonchev–Trinajstić information content (AvgIpc) is 3.27. The lowest BCUT2D eigenvalue weighted by Crippen LogP contribution is -2.20. The van der Waals surface area contributed by atoms with Gasteiger partial charge in [-0.3, -0.25) is 9.48 Å². The van der Waals surface area contributed by atoms with Crippen LogP contribution in [0.15, 0.2) is 30.6 Å². The third-order valence-electron chi connectivity index (χ3n) is 5.38. The van der Waals surface area contributed by atoms with Crippen LogP contribution < -0.4 is 10.1 Å². The quantitative estimate of drug-likeness (QED) is 0.476. The molecule has 174 valence electrons. The number of hydrogen-bond donors (Lipinski definition) is 1. The van der Waals surface area contributed by atoms with Crippen LogP contribution in [0.5, 0.6) is 5.75 Å². The Hall–Kier alpha value is -2.75. The zero-order valence-electron chi connectivity index (χ0n) is 18.0. The molecule has 0 spiro atoms. The van der Waals surface area contributed by atoms with Gasteiger partial charge in [-0.2, -0.15) is 10.2 Å².